The molecule has 0 bridgehead atoms. The first-order valence-corrected chi connectivity index (χ1v) is 6.55. The second-order valence-electron chi connectivity index (χ2n) is 5.05. The van der Waals surface area contributed by atoms with Gasteiger partial charge < -0.3 is 15.2 Å². The van der Waals surface area contributed by atoms with Crippen LogP contribution in [0.1, 0.15) is 12.0 Å². The zero-order chi connectivity index (χ0) is 16.3. The van der Waals surface area contributed by atoms with Gasteiger partial charge in [-0.25, -0.2) is 0 Å². The summed E-state index contributed by atoms with van der Waals surface area (Å²) in [5, 5.41) is 11.3. The fourth-order valence-electron chi connectivity index (χ4n) is 1.95. The number of hydrogen-bond acceptors (Lipinski definition) is 3. The van der Waals surface area contributed by atoms with Crippen LogP contribution in [0, 0.1) is 11.8 Å². The number of carboxylic acids is 1. The second kappa shape index (κ2) is 6.25. The maximum absolute atomic E-state index is 12.0. The van der Waals surface area contributed by atoms with Crippen LogP contribution in [0.5, 0.6) is 5.75 Å². The number of ether oxygens (including phenoxy) is 1. The van der Waals surface area contributed by atoms with Gasteiger partial charge in [-0.3, -0.25) is 9.59 Å². The molecule has 1 amide bonds. The molecule has 2 atom stereocenters. The molecular formula is C14H14F3NO4. The summed E-state index contributed by atoms with van der Waals surface area (Å²) in [4.78, 5) is 22.3. The van der Waals surface area contributed by atoms with Crippen LogP contribution in [0.25, 0.3) is 0 Å². The van der Waals surface area contributed by atoms with Crippen LogP contribution in [0.4, 0.5) is 13.2 Å². The molecule has 1 aromatic rings. The molecule has 0 aliphatic heterocycles. The lowest BCUT2D eigenvalue weighted by atomic mass is 10.2. The van der Waals surface area contributed by atoms with Gasteiger partial charge in [-0.2, -0.15) is 13.2 Å². The van der Waals surface area contributed by atoms with Crippen LogP contribution in [0.3, 0.4) is 0 Å². The first-order chi connectivity index (χ1) is 10.3. The first-order valence-electron chi connectivity index (χ1n) is 6.55. The van der Waals surface area contributed by atoms with Crippen LogP contribution in [0.15, 0.2) is 24.3 Å². The van der Waals surface area contributed by atoms with Crippen molar-refractivity contribution >= 4 is 11.9 Å². The van der Waals surface area contributed by atoms with Gasteiger partial charge in [0.05, 0.1) is 11.8 Å². The first kappa shape index (κ1) is 16.1. The number of alkyl halides is 3. The normalized spacial score (nSPS) is 20.3. The van der Waals surface area contributed by atoms with E-state index in [2.05, 4.69) is 10.1 Å². The van der Waals surface area contributed by atoms with Gasteiger partial charge >= 0.3 is 12.1 Å². The molecule has 2 rings (SSSR count). The second-order valence-corrected chi connectivity index (χ2v) is 5.05. The number of aliphatic carboxylic acids is 1. The van der Waals surface area contributed by atoms with Gasteiger partial charge in [0.15, 0.2) is 6.61 Å². The molecule has 1 aliphatic carbocycles. The van der Waals surface area contributed by atoms with Gasteiger partial charge in [-0.1, -0.05) is 12.1 Å². The van der Waals surface area contributed by atoms with Crippen molar-refractivity contribution in [2.45, 2.75) is 19.1 Å². The number of amides is 1. The minimum Gasteiger partial charge on any atom is -0.484 e. The number of nitrogens with one attached hydrogen (secondary N) is 1. The van der Waals surface area contributed by atoms with Gasteiger partial charge in [0.1, 0.15) is 5.75 Å². The highest BCUT2D eigenvalue weighted by Crippen LogP contribution is 2.38. The average molecular weight is 317 g/mol. The smallest absolute Gasteiger partial charge is 0.422 e. The highest BCUT2D eigenvalue weighted by atomic mass is 19.4. The van der Waals surface area contributed by atoms with Crippen molar-refractivity contribution < 1.29 is 32.6 Å². The van der Waals surface area contributed by atoms with Crippen LogP contribution in [-0.2, 0) is 16.1 Å². The highest BCUT2D eigenvalue weighted by molar-refractivity contribution is 5.89. The van der Waals surface area contributed by atoms with Crippen LogP contribution < -0.4 is 10.1 Å². The van der Waals surface area contributed by atoms with E-state index < -0.39 is 30.6 Å². The van der Waals surface area contributed by atoms with Crippen molar-refractivity contribution in [1.82, 2.24) is 5.32 Å². The summed E-state index contributed by atoms with van der Waals surface area (Å²) >= 11 is 0. The van der Waals surface area contributed by atoms with Crippen LogP contribution in [-0.4, -0.2) is 29.8 Å². The number of benzene rings is 1. The zero-order valence-corrected chi connectivity index (χ0v) is 11.4. The van der Waals surface area contributed by atoms with Gasteiger partial charge in [-0.15, -0.1) is 0 Å². The molecule has 1 fully saturated rings. The molecule has 0 aromatic heterocycles. The average Bonchev–Trinajstić information content (AvgIpc) is 3.23. The molecule has 0 heterocycles. The number of halogens is 3. The number of hydrogen-bond donors (Lipinski definition) is 2. The Hall–Kier alpha value is -2.25. The van der Waals surface area contributed by atoms with Crippen molar-refractivity contribution in [3.8, 4) is 5.75 Å². The van der Waals surface area contributed by atoms with Crippen LogP contribution >= 0.6 is 0 Å². The van der Waals surface area contributed by atoms with Gasteiger partial charge in [0, 0.05) is 6.54 Å². The number of carbonyl (C=O) groups is 2. The molecule has 8 heteroatoms. The Morgan fingerprint density at radius 3 is 2.36 bits per heavy atom. The van der Waals surface area contributed by atoms with Crippen molar-refractivity contribution in [2.24, 2.45) is 11.8 Å². The van der Waals surface area contributed by atoms with Crippen molar-refractivity contribution in [1.29, 1.82) is 0 Å². The Balaban J connectivity index is 1.77. The van der Waals surface area contributed by atoms with E-state index in [9.17, 15) is 22.8 Å². The summed E-state index contributed by atoms with van der Waals surface area (Å²) < 4.78 is 40.5. The van der Waals surface area contributed by atoms with Crippen molar-refractivity contribution in [3.05, 3.63) is 29.8 Å². The predicted molar refractivity (Wildman–Crippen MR) is 69.1 cm³/mol. The number of rotatable bonds is 6. The molecule has 120 valence electrons. The minimum absolute atomic E-state index is 0.0838. The SMILES string of the molecule is O=C(O)[C@@H]1C[C@H]1C(=O)NCc1ccc(OCC(F)(F)F)cc1. The van der Waals surface area contributed by atoms with E-state index >= 15 is 0 Å². The van der Waals surface area contributed by atoms with Crippen LogP contribution in [0.2, 0.25) is 0 Å². The third-order valence-corrected chi connectivity index (χ3v) is 3.24. The lowest BCUT2D eigenvalue weighted by molar-refractivity contribution is -0.153. The van der Waals surface area contributed by atoms with E-state index in [0.29, 0.717) is 12.0 Å². The van der Waals surface area contributed by atoms with Crippen molar-refractivity contribution in [3.63, 3.8) is 0 Å². The monoisotopic (exact) mass is 317 g/mol. The zero-order valence-electron chi connectivity index (χ0n) is 11.4. The Morgan fingerprint density at radius 1 is 1.23 bits per heavy atom. The summed E-state index contributed by atoms with van der Waals surface area (Å²) in [7, 11) is 0. The minimum atomic E-state index is -4.39. The Bertz CT molecular complexity index is 556. The van der Waals surface area contributed by atoms with E-state index in [0.717, 1.165) is 0 Å². The fraction of sp³-hybridized carbons (Fsp3) is 0.429. The molecule has 22 heavy (non-hydrogen) atoms. The highest BCUT2D eigenvalue weighted by Gasteiger charge is 2.48. The topological polar surface area (TPSA) is 75.6 Å². The molecule has 0 spiro atoms. The molecule has 1 aliphatic rings. The standard InChI is InChI=1S/C14H14F3NO4/c15-14(16,17)7-22-9-3-1-8(2-4-9)6-18-12(19)10-5-11(10)13(20)21/h1-4,10-11H,5-7H2,(H,18,19)(H,20,21)/t10-,11-/m1/s1. The molecular weight excluding hydrogens is 303 g/mol. The number of carboxylic acid groups (broad SMARTS) is 1. The number of carbonyl (C=O) groups excluding carboxylic acids is 1. The van der Waals surface area contributed by atoms with E-state index in [1.165, 1.54) is 24.3 Å². The molecule has 0 saturated heterocycles. The van der Waals surface area contributed by atoms with E-state index in [-0.39, 0.29) is 18.2 Å². The Labute approximate surface area is 124 Å². The molecule has 1 saturated carbocycles. The Morgan fingerprint density at radius 2 is 1.86 bits per heavy atom. The summed E-state index contributed by atoms with van der Waals surface area (Å²) in [6.45, 7) is -1.18. The molecule has 5 nitrogen and oxygen atoms in total. The third-order valence-electron chi connectivity index (χ3n) is 3.24. The van der Waals surface area contributed by atoms with E-state index in [1.807, 2.05) is 0 Å². The third kappa shape index (κ3) is 4.64. The fourth-order valence-corrected chi connectivity index (χ4v) is 1.95. The van der Waals surface area contributed by atoms with Gasteiger partial charge in [0.2, 0.25) is 5.91 Å². The Kier molecular flexibility index (Phi) is 4.58. The van der Waals surface area contributed by atoms with Gasteiger partial charge in [0.25, 0.3) is 0 Å². The lowest BCUT2D eigenvalue weighted by Crippen LogP contribution is -2.25. The molecule has 1 aromatic carbocycles. The molecule has 0 radical (unpaired) electrons. The summed E-state index contributed by atoms with van der Waals surface area (Å²) in [5.41, 5.74) is 0.681. The predicted octanol–water partition coefficient (Wildman–Crippen LogP) is 1.96. The maximum Gasteiger partial charge on any atom is 0.422 e. The molecule has 2 N–H and O–H groups in total. The van der Waals surface area contributed by atoms with E-state index in [4.69, 9.17) is 5.11 Å². The summed E-state index contributed by atoms with van der Waals surface area (Å²) in [6, 6.07) is 5.83. The maximum atomic E-state index is 12.0. The lowest BCUT2D eigenvalue weighted by Gasteiger charge is -2.10. The largest absolute Gasteiger partial charge is 0.484 e. The quantitative estimate of drug-likeness (QED) is 0.841. The van der Waals surface area contributed by atoms with E-state index in [1.54, 1.807) is 0 Å². The summed E-state index contributed by atoms with van der Waals surface area (Å²) in [6.07, 6.45) is -4.05. The van der Waals surface area contributed by atoms with Gasteiger partial charge in [-0.05, 0) is 24.1 Å². The summed E-state index contributed by atoms with van der Waals surface area (Å²) in [5.74, 6) is -2.33. The van der Waals surface area contributed by atoms with Crippen molar-refractivity contribution in [2.75, 3.05) is 6.61 Å². The molecule has 0 unspecified atom stereocenters.